The van der Waals surface area contributed by atoms with E-state index in [9.17, 15) is 4.79 Å². The van der Waals surface area contributed by atoms with Gasteiger partial charge in [0.25, 0.3) is 0 Å². The first-order valence-corrected chi connectivity index (χ1v) is 5.71. The van der Waals surface area contributed by atoms with Gasteiger partial charge in [0, 0.05) is 13.1 Å². The van der Waals surface area contributed by atoms with E-state index in [1.807, 2.05) is 0 Å². The topological polar surface area (TPSA) is 60.9 Å². The van der Waals surface area contributed by atoms with E-state index in [4.69, 9.17) is 14.2 Å². The number of methoxy groups -OCH3 is 2. The van der Waals surface area contributed by atoms with Crippen LogP contribution >= 0.6 is 0 Å². The Kier molecular flexibility index (Phi) is 3.99. The van der Waals surface area contributed by atoms with Crippen LogP contribution in [0.5, 0.6) is 5.88 Å². The summed E-state index contributed by atoms with van der Waals surface area (Å²) >= 11 is 0. The maximum atomic E-state index is 11.6. The molecule has 0 N–H and O–H groups in total. The average Bonchev–Trinajstić information content (AvgIpc) is 2.46. The Labute approximate surface area is 105 Å². The number of rotatable bonds is 3. The molecule has 1 fully saturated rings. The maximum absolute atomic E-state index is 11.6. The molecule has 18 heavy (non-hydrogen) atoms. The fourth-order valence-electron chi connectivity index (χ4n) is 1.85. The first kappa shape index (κ1) is 12.6. The molecule has 6 heteroatoms. The van der Waals surface area contributed by atoms with Gasteiger partial charge >= 0.3 is 5.97 Å². The van der Waals surface area contributed by atoms with Crippen molar-refractivity contribution in [1.29, 1.82) is 0 Å². The minimum atomic E-state index is -0.450. The standard InChI is InChI=1S/C12H16N2O4/c1-16-11-10(12(15)17-2)7-9(8-13-11)14-3-5-18-6-4-14/h7-8H,3-6H2,1-2H3. The number of anilines is 1. The molecule has 2 heterocycles. The van der Waals surface area contributed by atoms with Crippen LogP contribution in [0.4, 0.5) is 5.69 Å². The minimum Gasteiger partial charge on any atom is -0.480 e. The lowest BCUT2D eigenvalue weighted by molar-refractivity contribution is 0.0596. The molecule has 1 aromatic rings. The Balaban J connectivity index is 2.29. The molecular weight excluding hydrogens is 236 g/mol. The second-order valence-corrected chi connectivity index (χ2v) is 3.84. The second kappa shape index (κ2) is 5.68. The molecule has 1 aromatic heterocycles. The fraction of sp³-hybridized carbons (Fsp3) is 0.500. The molecule has 0 spiro atoms. The van der Waals surface area contributed by atoms with E-state index < -0.39 is 5.97 Å². The molecule has 0 unspecified atom stereocenters. The molecule has 1 saturated heterocycles. The predicted octanol–water partition coefficient (Wildman–Crippen LogP) is 0.713. The van der Waals surface area contributed by atoms with E-state index in [2.05, 4.69) is 9.88 Å². The predicted molar refractivity (Wildman–Crippen MR) is 65.2 cm³/mol. The molecule has 0 bridgehead atoms. The fourth-order valence-corrected chi connectivity index (χ4v) is 1.85. The average molecular weight is 252 g/mol. The van der Waals surface area contributed by atoms with E-state index >= 15 is 0 Å². The van der Waals surface area contributed by atoms with Gasteiger partial charge < -0.3 is 19.1 Å². The van der Waals surface area contributed by atoms with E-state index in [1.54, 1.807) is 12.3 Å². The van der Waals surface area contributed by atoms with Crippen LogP contribution in [0.15, 0.2) is 12.3 Å². The third-order valence-electron chi connectivity index (χ3n) is 2.81. The first-order chi connectivity index (χ1) is 8.76. The lowest BCUT2D eigenvalue weighted by atomic mass is 10.2. The van der Waals surface area contributed by atoms with Crippen LogP contribution in [0, 0.1) is 0 Å². The van der Waals surface area contributed by atoms with Crippen LogP contribution in [-0.2, 0) is 9.47 Å². The van der Waals surface area contributed by atoms with Crippen molar-refractivity contribution >= 4 is 11.7 Å². The monoisotopic (exact) mass is 252 g/mol. The Morgan fingerprint density at radius 1 is 1.39 bits per heavy atom. The van der Waals surface area contributed by atoms with Gasteiger partial charge in [0.2, 0.25) is 5.88 Å². The van der Waals surface area contributed by atoms with Gasteiger partial charge in [-0.15, -0.1) is 0 Å². The summed E-state index contributed by atoms with van der Waals surface area (Å²) in [6.45, 7) is 2.93. The van der Waals surface area contributed by atoms with Gasteiger partial charge in [-0.1, -0.05) is 0 Å². The summed E-state index contributed by atoms with van der Waals surface area (Å²) in [6.07, 6.45) is 1.69. The molecule has 0 saturated carbocycles. The minimum absolute atomic E-state index is 0.277. The van der Waals surface area contributed by atoms with E-state index in [0.717, 1.165) is 18.8 Å². The quantitative estimate of drug-likeness (QED) is 0.738. The van der Waals surface area contributed by atoms with Gasteiger partial charge in [0.1, 0.15) is 5.56 Å². The summed E-state index contributed by atoms with van der Waals surface area (Å²) in [5.41, 5.74) is 1.21. The lowest BCUT2D eigenvalue weighted by Crippen LogP contribution is -2.36. The number of esters is 1. The van der Waals surface area contributed by atoms with Crippen molar-refractivity contribution in [3.63, 3.8) is 0 Å². The van der Waals surface area contributed by atoms with Crippen LogP contribution in [-0.4, -0.2) is 51.5 Å². The Bertz CT molecular complexity index is 430. The number of aromatic nitrogens is 1. The molecule has 1 aliphatic rings. The second-order valence-electron chi connectivity index (χ2n) is 3.84. The number of pyridine rings is 1. The molecule has 1 aliphatic heterocycles. The van der Waals surface area contributed by atoms with Crippen molar-refractivity contribution in [2.24, 2.45) is 0 Å². The smallest absolute Gasteiger partial charge is 0.343 e. The van der Waals surface area contributed by atoms with Crippen LogP contribution in [0.1, 0.15) is 10.4 Å². The van der Waals surface area contributed by atoms with E-state index in [0.29, 0.717) is 18.8 Å². The highest BCUT2D eigenvalue weighted by Crippen LogP contribution is 2.23. The zero-order chi connectivity index (χ0) is 13.0. The van der Waals surface area contributed by atoms with Crippen molar-refractivity contribution in [3.05, 3.63) is 17.8 Å². The zero-order valence-corrected chi connectivity index (χ0v) is 10.5. The largest absolute Gasteiger partial charge is 0.480 e. The Morgan fingerprint density at radius 3 is 2.72 bits per heavy atom. The van der Waals surface area contributed by atoms with Crippen molar-refractivity contribution in [2.75, 3.05) is 45.4 Å². The maximum Gasteiger partial charge on any atom is 0.343 e. The number of morpholine rings is 1. The summed E-state index contributed by atoms with van der Waals surface area (Å²) in [5.74, 6) is -0.173. The van der Waals surface area contributed by atoms with Crippen LogP contribution in [0.2, 0.25) is 0 Å². The number of hydrogen-bond donors (Lipinski definition) is 0. The number of carbonyl (C=O) groups is 1. The Hall–Kier alpha value is -1.82. The van der Waals surface area contributed by atoms with Crippen LogP contribution < -0.4 is 9.64 Å². The van der Waals surface area contributed by atoms with E-state index in [-0.39, 0.29) is 5.88 Å². The summed E-state index contributed by atoms with van der Waals surface area (Å²) in [4.78, 5) is 17.9. The molecular formula is C12H16N2O4. The summed E-state index contributed by atoms with van der Waals surface area (Å²) in [5, 5.41) is 0. The normalized spacial score (nSPS) is 15.3. The third-order valence-corrected chi connectivity index (χ3v) is 2.81. The Morgan fingerprint density at radius 2 is 2.11 bits per heavy atom. The van der Waals surface area contributed by atoms with Crippen molar-refractivity contribution in [2.45, 2.75) is 0 Å². The van der Waals surface area contributed by atoms with Gasteiger partial charge in [0.05, 0.1) is 39.3 Å². The molecule has 98 valence electrons. The third kappa shape index (κ3) is 2.53. The van der Waals surface area contributed by atoms with Crippen molar-refractivity contribution in [1.82, 2.24) is 4.98 Å². The van der Waals surface area contributed by atoms with Crippen molar-refractivity contribution < 1.29 is 19.0 Å². The number of carbonyl (C=O) groups excluding carboxylic acids is 1. The lowest BCUT2D eigenvalue weighted by Gasteiger charge is -2.28. The van der Waals surface area contributed by atoms with Gasteiger partial charge in [0.15, 0.2) is 0 Å². The summed E-state index contributed by atoms with van der Waals surface area (Å²) in [6, 6.07) is 1.74. The van der Waals surface area contributed by atoms with Crippen molar-refractivity contribution in [3.8, 4) is 5.88 Å². The van der Waals surface area contributed by atoms with E-state index in [1.165, 1.54) is 14.2 Å². The molecule has 6 nitrogen and oxygen atoms in total. The number of hydrogen-bond acceptors (Lipinski definition) is 6. The highest BCUT2D eigenvalue weighted by atomic mass is 16.5. The van der Waals surface area contributed by atoms with Gasteiger partial charge in [-0.25, -0.2) is 9.78 Å². The number of ether oxygens (including phenoxy) is 3. The zero-order valence-electron chi connectivity index (χ0n) is 10.5. The molecule has 0 aliphatic carbocycles. The molecule has 0 atom stereocenters. The summed E-state index contributed by atoms with van der Waals surface area (Å²) in [7, 11) is 2.81. The van der Waals surface area contributed by atoms with Gasteiger partial charge in [-0.05, 0) is 6.07 Å². The molecule has 0 aromatic carbocycles. The summed E-state index contributed by atoms with van der Waals surface area (Å²) < 4.78 is 15.1. The van der Waals surface area contributed by atoms with Crippen LogP contribution in [0.25, 0.3) is 0 Å². The number of nitrogens with zero attached hydrogens (tertiary/aromatic N) is 2. The highest BCUT2D eigenvalue weighted by molar-refractivity contribution is 5.92. The highest BCUT2D eigenvalue weighted by Gasteiger charge is 2.18. The van der Waals surface area contributed by atoms with Gasteiger partial charge in [-0.2, -0.15) is 0 Å². The van der Waals surface area contributed by atoms with Gasteiger partial charge in [-0.3, -0.25) is 0 Å². The molecule has 2 rings (SSSR count). The van der Waals surface area contributed by atoms with Crippen LogP contribution in [0.3, 0.4) is 0 Å². The molecule has 0 radical (unpaired) electrons. The SMILES string of the molecule is COC(=O)c1cc(N2CCOCC2)cnc1OC. The molecule has 0 amide bonds. The first-order valence-electron chi connectivity index (χ1n) is 5.71.